The summed E-state index contributed by atoms with van der Waals surface area (Å²) in [4.78, 5) is 31.2. The summed E-state index contributed by atoms with van der Waals surface area (Å²) in [6.45, 7) is 11.6. The smallest absolute Gasteiger partial charge is 0.253 e. The zero-order valence-electron chi connectivity index (χ0n) is 18.1. The number of aromatic nitrogens is 1. The molecule has 8 heteroatoms. The van der Waals surface area contributed by atoms with Gasteiger partial charge in [-0.1, -0.05) is 11.2 Å². The number of nitrogens with zero attached hydrogens (tertiary/aromatic N) is 4. The van der Waals surface area contributed by atoms with Gasteiger partial charge >= 0.3 is 0 Å². The highest BCUT2D eigenvalue weighted by Crippen LogP contribution is 2.14. The van der Waals surface area contributed by atoms with Crippen molar-refractivity contribution in [1.29, 1.82) is 0 Å². The number of hydrogen-bond donors (Lipinski definition) is 1. The van der Waals surface area contributed by atoms with Gasteiger partial charge in [0, 0.05) is 63.1 Å². The second kappa shape index (κ2) is 10.4. The van der Waals surface area contributed by atoms with Gasteiger partial charge in [0.25, 0.3) is 5.91 Å². The highest BCUT2D eigenvalue weighted by atomic mass is 16.5. The van der Waals surface area contributed by atoms with Crippen molar-refractivity contribution in [3.63, 3.8) is 0 Å². The molecule has 0 radical (unpaired) electrons. The first-order chi connectivity index (χ1) is 14.5. The number of amides is 2. The van der Waals surface area contributed by atoms with Crippen LogP contribution in [0.5, 0.6) is 0 Å². The first-order valence-electron chi connectivity index (χ1n) is 10.5. The van der Waals surface area contributed by atoms with Crippen LogP contribution in [0.1, 0.15) is 35.7 Å². The van der Waals surface area contributed by atoms with Crippen molar-refractivity contribution in [2.24, 2.45) is 0 Å². The first kappa shape index (κ1) is 22.0. The summed E-state index contributed by atoms with van der Waals surface area (Å²) < 4.78 is 5.12. The minimum absolute atomic E-state index is 0.0190. The third-order valence-electron chi connectivity index (χ3n) is 5.34. The highest BCUT2D eigenvalue weighted by molar-refractivity contribution is 5.97. The largest absolute Gasteiger partial charge is 0.361 e. The molecule has 2 aromatic rings. The van der Waals surface area contributed by atoms with Gasteiger partial charge in [-0.25, -0.2) is 0 Å². The van der Waals surface area contributed by atoms with E-state index < -0.39 is 0 Å². The predicted molar refractivity (Wildman–Crippen MR) is 115 cm³/mol. The van der Waals surface area contributed by atoms with Crippen LogP contribution in [-0.2, 0) is 11.3 Å². The summed E-state index contributed by atoms with van der Waals surface area (Å²) in [5.74, 6) is 0.737. The molecule has 2 heterocycles. The Hall–Kier alpha value is -2.71. The maximum Gasteiger partial charge on any atom is 0.253 e. The standard InChI is InChI=1S/C22H31N5O3/c1-4-27(5-2)22(29)18-7-6-8-19(14-18)23-21(28)16-26-11-9-25(10-12-26)15-20-13-17(3)30-24-20/h6-8,13-14H,4-5,9-12,15-16H2,1-3H3,(H,23,28). The maximum atomic E-state index is 12.5. The predicted octanol–water partition coefficient (Wildman–Crippen LogP) is 2.22. The van der Waals surface area contributed by atoms with Crippen LogP contribution >= 0.6 is 0 Å². The van der Waals surface area contributed by atoms with Gasteiger partial charge in [0.15, 0.2) is 0 Å². The SMILES string of the molecule is CCN(CC)C(=O)c1cccc(NC(=O)CN2CCN(Cc3cc(C)on3)CC2)c1. The van der Waals surface area contributed by atoms with Gasteiger partial charge in [-0.3, -0.25) is 19.4 Å². The summed E-state index contributed by atoms with van der Waals surface area (Å²) in [6, 6.07) is 9.10. The Morgan fingerprint density at radius 1 is 1.10 bits per heavy atom. The number of carbonyl (C=O) groups excluding carboxylic acids is 2. The van der Waals surface area contributed by atoms with E-state index in [-0.39, 0.29) is 11.8 Å². The van der Waals surface area contributed by atoms with Crippen molar-refractivity contribution in [2.45, 2.75) is 27.3 Å². The summed E-state index contributed by atoms with van der Waals surface area (Å²) in [6.07, 6.45) is 0. The molecular weight excluding hydrogens is 382 g/mol. The molecule has 1 aliphatic heterocycles. The van der Waals surface area contributed by atoms with Crippen molar-refractivity contribution < 1.29 is 14.1 Å². The molecule has 1 aliphatic rings. The third-order valence-corrected chi connectivity index (χ3v) is 5.34. The number of nitrogens with one attached hydrogen (secondary N) is 1. The van der Waals surface area contributed by atoms with Crippen LogP contribution in [0.3, 0.4) is 0 Å². The van der Waals surface area contributed by atoms with Crippen molar-refractivity contribution in [2.75, 3.05) is 51.1 Å². The van der Waals surface area contributed by atoms with Gasteiger partial charge in [-0.2, -0.15) is 0 Å². The third kappa shape index (κ3) is 5.90. The molecule has 1 N–H and O–H groups in total. The molecule has 0 saturated carbocycles. The molecule has 30 heavy (non-hydrogen) atoms. The summed E-state index contributed by atoms with van der Waals surface area (Å²) >= 11 is 0. The van der Waals surface area contributed by atoms with Crippen LogP contribution < -0.4 is 5.32 Å². The van der Waals surface area contributed by atoms with Crippen molar-refractivity contribution >= 4 is 17.5 Å². The lowest BCUT2D eigenvalue weighted by Crippen LogP contribution is -2.48. The van der Waals surface area contributed by atoms with Crippen LogP contribution in [0, 0.1) is 6.92 Å². The van der Waals surface area contributed by atoms with E-state index >= 15 is 0 Å². The average Bonchev–Trinajstić information content (AvgIpc) is 3.15. The van der Waals surface area contributed by atoms with Crippen LogP contribution in [0.15, 0.2) is 34.9 Å². The Morgan fingerprint density at radius 3 is 2.43 bits per heavy atom. The number of aryl methyl sites for hydroxylation is 1. The Labute approximate surface area is 177 Å². The highest BCUT2D eigenvalue weighted by Gasteiger charge is 2.20. The average molecular weight is 414 g/mol. The lowest BCUT2D eigenvalue weighted by atomic mass is 10.1. The Bertz CT molecular complexity index is 854. The van der Waals surface area contributed by atoms with Gasteiger partial charge in [-0.15, -0.1) is 0 Å². The molecule has 0 bridgehead atoms. The fourth-order valence-corrected chi connectivity index (χ4v) is 3.65. The lowest BCUT2D eigenvalue weighted by molar-refractivity contribution is -0.117. The van der Waals surface area contributed by atoms with E-state index in [1.807, 2.05) is 32.9 Å². The fourth-order valence-electron chi connectivity index (χ4n) is 3.65. The normalized spacial score (nSPS) is 15.2. The van der Waals surface area contributed by atoms with E-state index in [1.54, 1.807) is 23.1 Å². The molecule has 0 aliphatic carbocycles. The van der Waals surface area contributed by atoms with E-state index in [0.717, 1.165) is 44.2 Å². The quantitative estimate of drug-likeness (QED) is 0.715. The van der Waals surface area contributed by atoms with Crippen LogP contribution in [0.25, 0.3) is 0 Å². The van der Waals surface area contributed by atoms with E-state index in [1.165, 1.54) is 0 Å². The van der Waals surface area contributed by atoms with E-state index in [0.29, 0.717) is 30.9 Å². The topological polar surface area (TPSA) is 81.9 Å². The molecular formula is C22H31N5O3. The van der Waals surface area contributed by atoms with Crippen LogP contribution in [0.2, 0.25) is 0 Å². The molecule has 1 fully saturated rings. The summed E-state index contributed by atoms with van der Waals surface area (Å²) in [7, 11) is 0. The van der Waals surface area contributed by atoms with Gasteiger partial charge in [0.2, 0.25) is 5.91 Å². The molecule has 2 amide bonds. The Kier molecular flexibility index (Phi) is 7.59. The molecule has 1 aromatic carbocycles. The summed E-state index contributed by atoms with van der Waals surface area (Å²) in [5.41, 5.74) is 2.18. The van der Waals surface area contributed by atoms with Gasteiger partial charge < -0.3 is 14.7 Å². The van der Waals surface area contributed by atoms with Gasteiger partial charge in [0.05, 0.1) is 12.2 Å². The van der Waals surface area contributed by atoms with E-state index in [4.69, 9.17) is 4.52 Å². The van der Waals surface area contributed by atoms with Gasteiger partial charge in [-0.05, 0) is 39.0 Å². The number of rotatable bonds is 8. The summed E-state index contributed by atoms with van der Waals surface area (Å²) in [5, 5.41) is 6.97. The maximum absolute atomic E-state index is 12.5. The monoisotopic (exact) mass is 413 g/mol. The van der Waals surface area contributed by atoms with Crippen LogP contribution in [0.4, 0.5) is 5.69 Å². The van der Waals surface area contributed by atoms with E-state index in [2.05, 4.69) is 20.3 Å². The Morgan fingerprint density at radius 2 is 1.80 bits per heavy atom. The minimum atomic E-state index is -0.0667. The number of carbonyl (C=O) groups is 2. The number of hydrogen-bond acceptors (Lipinski definition) is 6. The minimum Gasteiger partial charge on any atom is -0.361 e. The molecule has 0 spiro atoms. The second-order valence-corrected chi connectivity index (χ2v) is 7.59. The Balaban J connectivity index is 1.47. The zero-order valence-corrected chi connectivity index (χ0v) is 18.1. The molecule has 1 saturated heterocycles. The molecule has 0 unspecified atom stereocenters. The number of piperazine rings is 1. The first-order valence-corrected chi connectivity index (χ1v) is 10.5. The molecule has 0 atom stereocenters. The molecule has 8 nitrogen and oxygen atoms in total. The van der Waals surface area contributed by atoms with Crippen molar-refractivity contribution in [3.05, 3.63) is 47.3 Å². The van der Waals surface area contributed by atoms with E-state index in [9.17, 15) is 9.59 Å². The lowest BCUT2D eigenvalue weighted by Gasteiger charge is -2.33. The second-order valence-electron chi connectivity index (χ2n) is 7.59. The van der Waals surface area contributed by atoms with Crippen molar-refractivity contribution in [3.8, 4) is 0 Å². The molecule has 1 aromatic heterocycles. The van der Waals surface area contributed by atoms with Gasteiger partial charge in [0.1, 0.15) is 5.76 Å². The van der Waals surface area contributed by atoms with Crippen molar-refractivity contribution in [1.82, 2.24) is 19.9 Å². The van der Waals surface area contributed by atoms with Crippen LogP contribution in [-0.4, -0.2) is 77.5 Å². The number of anilines is 1. The zero-order chi connectivity index (χ0) is 21.5. The fraction of sp³-hybridized carbons (Fsp3) is 0.500. The number of benzene rings is 1. The molecule has 162 valence electrons. The molecule has 3 rings (SSSR count).